The Hall–Kier alpha value is -1.87. The van der Waals surface area contributed by atoms with E-state index >= 15 is 0 Å². The van der Waals surface area contributed by atoms with Crippen molar-refractivity contribution in [1.29, 1.82) is 0 Å². The van der Waals surface area contributed by atoms with Crippen LogP contribution in [0.5, 0.6) is 0 Å². The average Bonchev–Trinajstić information content (AvgIpc) is 2.47. The number of rotatable bonds is 3. The van der Waals surface area contributed by atoms with E-state index in [1.165, 1.54) is 19.8 Å². The molecule has 0 aliphatic heterocycles. The molecule has 1 aliphatic carbocycles. The molecule has 3 heteroatoms. The van der Waals surface area contributed by atoms with Crippen LogP contribution >= 0.6 is 0 Å². The van der Waals surface area contributed by atoms with E-state index in [0.29, 0.717) is 0 Å². The van der Waals surface area contributed by atoms with Crippen molar-refractivity contribution in [1.82, 2.24) is 0 Å². The van der Waals surface area contributed by atoms with Crippen molar-refractivity contribution in [3.05, 3.63) is 59.7 Å². The number of carbonyl (C=O) groups is 1. The van der Waals surface area contributed by atoms with E-state index in [2.05, 4.69) is 0 Å². The molecule has 1 aliphatic rings. The summed E-state index contributed by atoms with van der Waals surface area (Å²) < 4.78 is 10.4. The lowest BCUT2D eigenvalue weighted by molar-refractivity contribution is -0.161. The minimum Gasteiger partial charge on any atom is -0.467 e. The van der Waals surface area contributed by atoms with E-state index in [-0.39, 0.29) is 11.9 Å². The van der Waals surface area contributed by atoms with E-state index in [1.807, 2.05) is 49.4 Å². The molecule has 2 unspecified atom stereocenters. The maximum absolute atomic E-state index is 12.1. The van der Waals surface area contributed by atoms with Gasteiger partial charge in [-0.25, -0.2) is 4.79 Å². The first kappa shape index (κ1) is 13.6. The van der Waals surface area contributed by atoms with Crippen LogP contribution in [0.4, 0.5) is 0 Å². The third kappa shape index (κ3) is 2.34. The summed E-state index contributed by atoms with van der Waals surface area (Å²) in [6.07, 6.45) is 7.45. The second kappa shape index (κ2) is 5.41. The number of carbonyl (C=O) groups excluding carboxylic acids is 1. The highest BCUT2D eigenvalue weighted by atomic mass is 16.6. The van der Waals surface area contributed by atoms with Gasteiger partial charge in [0, 0.05) is 13.0 Å². The molecular weight excluding hydrogens is 240 g/mol. The van der Waals surface area contributed by atoms with Gasteiger partial charge >= 0.3 is 5.97 Å². The van der Waals surface area contributed by atoms with E-state index in [0.717, 1.165) is 5.56 Å². The molecule has 0 saturated heterocycles. The number of benzene rings is 1. The maximum atomic E-state index is 12.1. The summed E-state index contributed by atoms with van der Waals surface area (Å²) in [5, 5.41) is 0. The minimum atomic E-state index is -1.08. The Labute approximate surface area is 113 Å². The summed E-state index contributed by atoms with van der Waals surface area (Å²) in [4.78, 5) is 12.1. The molecule has 3 nitrogen and oxygen atoms in total. The highest BCUT2D eigenvalue weighted by Gasteiger charge is 2.45. The molecule has 19 heavy (non-hydrogen) atoms. The fourth-order valence-electron chi connectivity index (χ4n) is 2.39. The Morgan fingerprint density at radius 3 is 2.42 bits per heavy atom. The van der Waals surface area contributed by atoms with Gasteiger partial charge < -0.3 is 9.47 Å². The van der Waals surface area contributed by atoms with Gasteiger partial charge in [-0.1, -0.05) is 48.1 Å². The number of methoxy groups -OCH3 is 2. The summed E-state index contributed by atoms with van der Waals surface area (Å²) >= 11 is 0. The van der Waals surface area contributed by atoms with Gasteiger partial charge in [-0.3, -0.25) is 0 Å². The Morgan fingerprint density at radius 1 is 1.16 bits per heavy atom. The predicted octanol–water partition coefficient (Wildman–Crippen LogP) is 2.76. The van der Waals surface area contributed by atoms with E-state index < -0.39 is 5.60 Å². The predicted molar refractivity (Wildman–Crippen MR) is 74.0 cm³/mol. The molecule has 2 atom stereocenters. The van der Waals surface area contributed by atoms with Crippen LogP contribution in [0, 0.1) is 6.92 Å². The molecule has 0 radical (unpaired) electrons. The normalized spacial score (nSPS) is 25.3. The van der Waals surface area contributed by atoms with Gasteiger partial charge in [0.15, 0.2) is 5.60 Å². The van der Waals surface area contributed by atoms with Crippen LogP contribution in [0.3, 0.4) is 0 Å². The first-order chi connectivity index (χ1) is 9.14. The SMILES string of the molecule is COC(=O)C1(OC)C=CC=CC1c1ccc(C)cc1. The summed E-state index contributed by atoms with van der Waals surface area (Å²) in [5.41, 5.74) is 1.12. The zero-order valence-electron chi connectivity index (χ0n) is 11.4. The highest BCUT2D eigenvalue weighted by Crippen LogP contribution is 2.37. The van der Waals surface area contributed by atoms with Gasteiger partial charge in [0.05, 0.1) is 7.11 Å². The number of hydrogen-bond donors (Lipinski definition) is 0. The Balaban J connectivity index is 2.46. The van der Waals surface area contributed by atoms with Crippen molar-refractivity contribution in [3.63, 3.8) is 0 Å². The van der Waals surface area contributed by atoms with E-state index in [1.54, 1.807) is 6.08 Å². The third-order valence-electron chi connectivity index (χ3n) is 3.50. The average molecular weight is 258 g/mol. The standard InChI is InChI=1S/C16H18O3/c1-12-7-9-13(10-8-12)14-6-4-5-11-16(14,19-3)15(17)18-2/h4-11,14H,1-3H3. The molecule has 0 fully saturated rings. The van der Waals surface area contributed by atoms with Crippen LogP contribution < -0.4 is 0 Å². The third-order valence-corrected chi connectivity index (χ3v) is 3.50. The van der Waals surface area contributed by atoms with Crippen LogP contribution in [-0.4, -0.2) is 25.8 Å². The smallest absolute Gasteiger partial charge is 0.343 e. The monoisotopic (exact) mass is 258 g/mol. The van der Waals surface area contributed by atoms with Gasteiger partial charge in [0.1, 0.15) is 0 Å². The van der Waals surface area contributed by atoms with E-state index in [9.17, 15) is 4.79 Å². The van der Waals surface area contributed by atoms with Crippen molar-refractivity contribution in [3.8, 4) is 0 Å². The lowest BCUT2D eigenvalue weighted by Gasteiger charge is -2.34. The Bertz CT molecular complexity index is 513. The van der Waals surface area contributed by atoms with Crippen LogP contribution in [-0.2, 0) is 14.3 Å². The number of esters is 1. The van der Waals surface area contributed by atoms with Crippen molar-refractivity contribution < 1.29 is 14.3 Å². The van der Waals surface area contributed by atoms with Gasteiger partial charge in [-0.05, 0) is 18.6 Å². The summed E-state index contributed by atoms with van der Waals surface area (Å²) in [6, 6.07) is 8.08. The molecule has 1 aromatic rings. The lowest BCUT2D eigenvalue weighted by atomic mass is 9.78. The summed E-state index contributed by atoms with van der Waals surface area (Å²) in [5.74, 6) is -0.572. The lowest BCUT2D eigenvalue weighted by Crippen LogP contribution is -2.45. The fraction of sp³-hybridized carbons (Fsp3) is 0.312. The quantitative estimate of drug-likeness (QED) is 0.782. The molecule has 0 heterocycles. The van der Waals surface area contributed by atoms with Crippen LogP contribution in [0.15, 0.2) is 48.6 Å². The topological polar surface area (TPSA) is 35.5 Å². The maximum Gasteiger partial charge on any atom is 0.343 e. The number of aryl methyl sites for hydroxylation is 1. The van der Waals surface area contributed by atoms with Crippen molar-refractivity contribution in [2.45, 2.75) is 18.4 Å². The number of allylic oxidation sites excluding steroid dienone is 2. The highest BCUT2D eigenvalue weighted by molar-refractivity contribution is 5.84. The van der Waals surface area contributed by atoms with Gasteiger partial charge in [0.25, 0.3) is 0 Å². The molecule has 100 valence electrons. The second-order valence-corrected chi connectivity index (χ2v) is 4.62. The molecular formula is C16H18O3. The number of ether oxygens (including phenoxy) is 2. The molecule has 0 amide bonds. The molecule has 0 aromatic heterocycles. The van der Waals surface area contributed by atoms with Crippen LogP contribution in [0.2, 0.25) is 0 Å². The molecule has 0 spiro atoms. The molecule has 0 saturated carbocycles. The fourth-order valence-corrected chi connectivity index (χ4v) is 2.39. The van der Waals surface area contributed by atoms with Gasteiger partial charge in [0.2, 0.25) is 0 Å². The molecule has 1 aromatic carbocycles. The zero-order valence-corrected chi connectivity index (χ0v) is 11.4. The Morgan fingerprint density at radius 2 is 1.84 bits per heavy atom. The van der Waals surface area contributed by atoms with Crippen molar-refractivity contribution in [2.75, 3.05) is 14.2 Å². The van der Waals surface area contributed by atoms with Crippen LogP contribution in [0.25, 0.3) is 0 Å². The van der Waals surface area contributed by atoms with Crippen molar-refractivity contribution >= 4 is 5.97 Å². The second-order valence-electron chi connectivity index (χ2n) is 4.62. The first-order valence-electron chi connectivity index (χ1n) is 6.20. The largest absolute Gasteiger partial charge is 0.467 e. The molecule has 2 rings (SSSR count). The molecule has 0 bridgehead atoms. The van der Waals surface area contributed by atoms with E-state index in [4.69, 9.17) is 9.47 Å². The number of hydrogen-bond acceptors (Lipinski definition) is 3. The summed E-state index contributed by atoms with van der Waals surface area (Å²) in [6.45, 7) is 2.03. The zero-order chi connectivity index (χ0) is 13.9. The van der Waals surface area contributed by atoms with Crippen LogP contribution in [0.1, 0.15) is 17.0 Å². The molecule has 0 N–H and O–H groups in total. The minimum absolute atomic E-state index is 0.185. The van der Waals surface area contributed by atoms with Gasteiger partial charge in [-0.15, -0.1) is 0 Å². The first-order valence-corrected chi connectivity index (χ1v) is 6.20. The van der Waals surface area contributed by atoms with Crippen molar-refractivity contribution in [2.24, 2.45) is 0 Å². The Kier molecular flexibility index (Phi) is 3.86. The summed E-state index contributed by atoms with van der Waals surface area (Å²) in [7, 11) is 2.91. The van der Waals surface area contributed by atoms with Gasteiger partial charge in [-0.2, -0.15) is 0 Å².